The number of furan rings is 1. The first kappa shape index (κ1) is 10.3. The molecule has 2 heteroatoms. The minimum atomic E-state index is 0.930. The van der Waals surface area contributed by atoms with Gasteiger partial charge in [0.2, 0.25) is 0 Å². The SMILES string of the molecule is c1ccc(-c2cpcc(-c3ccco3)c2)cc1. The highest BCUT2D eigenvalue weighted by Crippen LogP contribution is 2.30. The average Bonchev–Trinajstić information content (AvgIpc) is 2.94. The molecule has 2 heterocycles. The van der Waals surface area contributed by atoms with Gasteiger partial charge in [-0.05, 0) is 40.9 Å². The van der Waals surface area contributed by atoms with Gasteiger partial charge < -0.3 is 4.42 Å². The van der Waals surface area contributed by atoms with Gasteiger partial charge in [-0.25, -0.2) is 0 Å². The smallest absolute Gasteiger partial charge is 0.134 e. The normalized spacial score (nSPS) is 10.8. The van der Waals surface area contributed by atoms with Crippen LogP contribution >= 0.6 is 8.19 Å². The fraction of sp³-hybridized carbons (Fsp3) is 0. The first-order chi connectivity index (χ1) is 8.43. The molecule has 0 aliphatic carbocycles. The van der Waals surface area contributed by atoms with Crippen molar-refractivity contribution in [1.82, 2.24) is 0 Å². The molecule has 0 aliphatic heterocycles. The summed E-state index contributed by atoms with van der Waals surface area (Å²) in [5.41, 5.74) is 3.65. The van der Waals surface area contributed by atoms with Crippen LogP contribution in [-0.4, -0.2) is 0 Å². The van der Waals surface area contributed by atoms with Crippen molar-refractivity contribution in [1.29, 1.82) is 0 Å². The predicted octanol–water partition coefficient (Wildman–Crippen LogP) is 5.19. The Morgan fingerprint density at radius 1 is 0.765 bits per heavy atom. The molecule has 0 radical (unpaired) electrons. The quantitative estimate of drug-likeness (QED) is 0.598. The molecule has 0 bridgehead atoms. The molecule has 0 atom stereocenters. The van der Waals surface area contributed by atoms with E-state index in [4.69, 9.17) is 4.42 Å². The van der Waals surface area contributed by atoms with Crippen molar-refractivity contribution in [3.05, 3.63) is 66.4 Å². The van der Waals surface area contributed by atoms with Crippen molar-refractivity contribution in [2.24, 2.45) is 0 Å². The van der Waals surface area contributed by atoms with E-state index in [2.05, 4.69) is 41.9 Å². The lowest BCUT2D eigenvalue weighted by Gasteiger charge is -2.03. The van der Waals surface area contributed by atoms with Gasteiger partial charge in [0.1, 0.15) is 5.76 Å². The molecular weight excluding hydrogens is 227 g/mol. The lowest BCUT2D eigenvalue weighted by molar-refractivity contribution is 0.582. The predicted molar refractivity (Wildman–Crippen MR) is 72.1 cm³/mol. The zero-order chi connectivity index (χ0) is 11.5. The van der Waals surface area contributed by atoms with Crippen LogP contribution in [0.25, 0.3) is 22.5 Å². The maximum Gasteiger partial charge on any atom is 0.134 e. The third-order valence-corrected chi connectivity index (χ3v) is 3.51. The summed E-state index contributed by atoms with van der Waals surface area (Å²) in [6.07, 6.45) is 1.71. The second-order valence-corrected chi connectivity index (χ2v) is 4.62. The van der Waals surface area contributed by atoms with Crippen LogP contribution in [0, 0.1) is 0 Å². The fourth-order valence-corrected chi connectivity index (χ4v) is 2.63. The van der Waals surface area contributed by atoms with Crippen LogP contribution in [0.1, 0.15) is 0 Å². The maximum atomic E-state index is 5.43. The highest BCUT2D eigenvalue weighted by molar-refractivity contribution is 7.28. The monoisotopic (exact) mass is 238 g/mol. The summed E-state index contributed by atoms with van der Waals surface area (Å²) in [5, 5.41) is 0. The Labute approximate surface area is 102 Å². The van der Waals surface area contributed by atoms with Gasteiger partial charge in [0, 0.05) is 5.56 Å². The highest BCUT2D eigenvalue weighted by Gasteiger charge is 2.02. The molecular formula is C15H11OP. The molecule has 0 aliphatic rings. The third-order valence-electron chi connectivity index (χ3n) is 2.65. The van der Waals surface area contributed by atoms with Gasteiger partial charge in [0.15, 0.2) is 0 Å². The van der Waals surface area contributed by atoms with Gasteiger partial charge in [-0.1, -0.05) is 38.5 Å². The molecule has 1 nitrogen and oxygen atoms in total. The zero-order valence-corrected chi connectivity index (χ0v) is 10.1. The summed E-state index contributed by atoms with van der Waals surface area (Å²) < 4.78 is 5.43. The van der Waals surface area contributed by atoms with Crippen molar-refractivity contribution in [3.8, 4) is 22.5 Å². The number of rotatable bonds is 2. The Hall–Kier alpha value is -1.85. The van der Waals surface area contributed by atoms with E-state index in [1.54, 1.807) is 6.26 Å². The summed E-state index contributed by atoms with van der Waals surface area (Å²) >= 11 is 0. The largest absolute Gasteiger partial charge is 0.464 e. The molecule has 0 spiro atoms. The summed E-state index contributed by atoms with van der Waals surface area (Å²) in [6, 6.07) is 16.5. The summed E-state index contributed by atoms with van der Waals surface area (Å²) in [7, 11) is 1.20. The van der Waals surface area contributed by atoms with E-state index in [-0.39, 0.29) is 0 Å². The Kier molecular flexibility index (Phi) is 2.77. The topological polar surface area (TPSA) is 13.1 Å². The average molecular weight is 238 g/mol. The van der Waals surface area contributed by atoms with Gasteiger partial charge in [-0.3, -0.25) is 0 Å². The molecule has 17 heavy (non-hydrogen) atoms. The van der Waals surface area contributed by atoms with Crippen LogP contribution in [0.2, 0.25) is 0 Å². The van der Waals surface area contributed by atoms with Gasteiger partial charge in [0.05, 0.1) is 6.26 Å². The first-order valence-corrected chi connectivity index (χ1v) is 6.51. The van der Waals surface area contributed by atoms with Crippen LogP contribution in [-0.2, 0) is 0 Å². The van der Waals surface area contributed by atoms with E-state index in [0.29, 0.717) is 0 Å². The molecule has 1 aromatic carbocycles. The fourth-order valence-electron chi connectivity index (χ4n) is 1.81. The van der Waals surface area contributed by atoms with E-state index in [9.17, 15) is 0 Å². The first-order valence-electron chi connectivity index (χ1n) is 5.48. The van der Waals surface area contributed by atoms with Crippen molar-refractivity contribution >= 4 is 8.19 Å². The molecule has 3 aromatic rings. The second kappa shape index (κ2) is 4.57. The zero-order valence-electron chi connectivity index (χ0n) is 9.21. The molecule has 0 N–H and O–H groups in total. The van der Waals surface area contributed by atoms with E-state index < -0.39 is 0 Å². The Morgan fingerprint density at radius 3 is 2.35 bits per heavy atom. The van der Waals surface area contributed by atoms with E-state index in [1.807, 2.05) is 18.2 Å². The van der Waals surface area contributed by atoms with Crippen molar-refractivity contribution in [3.63, 3.8) is 0 Å². The number of hydrogen-bond donors (Lipinski definition) is 0. The van der Waals surface area contributed by atoms with Crippen molar-refractivity contribution in [2.75, 3.05) is 0 Å². The lowest BCUT2D eigenvalue weighted by Crippen LogP contribution is -1.76. The number of hydrogen-bond acceptors (Lipinski definition) is 1. The van der Waals surface area contributed by atoms with Crippen LogP contribution in [0.5, 0.6) is 0 Å². The molecule has 3 rings (SSSR count). The minimum Gasteiger partial charge on any atom is -0.464 e. The van der Waals surface area contributed by atoms with Crippen LogP contribution in [0.15, 0.2) is 70.8 Å². The number of benzene rings is 1. The van der Waals surface area contributed by atoms with E-state index >= 15 is 0 Å². The van der Waals surface area contributed by atoms with Crippen LogP contribution in [0.3, 0.4) is 0 Å². The summed E-state index contributed by atoms with van der Waals surface area (Å²) in [6.45, 7) is 0. The van der Waals surface area contributed by atoms with E-state index in [0.717, 1.165) is 11.3 Å². The van der Waals surface area contributed by atoms with Crippen molar-refractivity contribution in [2.45, 2.75) is 0 Å². The molecule has 0 saturated carbocycles. The molecule has 0 amide bonds. The van der Waals surface area contributed by atoms with Crippen molar-refractivity contribution < 1.29 is 4.42 Å². The highest BCUT2D eigenvalue weighted by atomic mass is 31.0. The Morgan fingerprint density at radius 2 is 1.59 bits per heavy atom. The maximum absolute atomic E-state index is 5.43. The van der Waals surface area contributed by atoms with Crippen LogP contribution in [0.4, 0.5) is 0 Å². The minimum absolute atomic E-state index is 0.930. The Bertz CT molecular complexity index is 600. The summed E-state index contributed by atoms with van der Waals surface area (Å²) in [5.74, 6) is 5.30. The van der Waals surface area contributed by atoms with E-state index in [1.165, 1.54) is 19.3 Å². The summed E-state index contributed by atoms with van der Waals surface area (Å²) in [4.78, 5) is 0. The van der Waals surface area contributed by atoms with Gasteiger partial charge in [-0.2, -0.15) is 0 Å². The van der Waals surface area contributed by atoms with Crippen LogP contribution < -0.4 is 0 Å². The molecule has 0 fully saturated rings. The molecule has 0 saturated heterocycles. The molecule has 0 unspecified atom stereocenters. The third kappa shape index (κ3) is 2.15. The van der Waals surface area contributed by atoms with Gasteiger partial charge in [0.25, 0.3) is 0 Å². The Balaban J connectivity index is 2.06. The van der Waals surface area contributed by atoms with Gasteiger partial charge >= 0.3 is 0 Å². The second-order valence-electron chi connectivity index (χ2n) is 3.81. The molecule has 2 aromatic heterocycles. The van der Waals surface area contributed by atoms with Gasteiger partial charge in [-0.15, -0.1) is 0 Å². The molecule has 82 valence electrons. The lowest BCUT2D eigenvalue weighted by atomic mass is 10.1. The standard InChI is InChI=1S/C15H11OP/c1-2-5-12(6-3-1)13-9-14(11-17-10-13)15-7-4-8-16-15/h1-11H.